The quantitative estimate of drug-likeness (QED) is 0.867. The standard InChI is InChI=1S/C19H23N3O2/c1-14-5-6-18(24-2)16(10-14)11-19(23)22-9-3-4-15(13-22)17-12-20-7-8-21-17/h5-8,10,12,15H,3-4,9,11,13H2,1-2H3/t15-/m1/s1. The number of nitrogens with zero attached hydrogens (tertiary/aromatic N) is 3. The number of carbonyl (C=O) groups is 1. The zero-order valence-corrected chi connectivity index (χ0v) is 14.2. The minimum absolute atomic E-state index is 0.146. The molecule has 5 heteroatoms. The molecule has 5 nitrogen and oxygen atoms in total. The van der Waals surface area contributed by atoms with E-state index in [0.29, 0.717) is 13.0 Å². The summed E-state index contributed by atoms with van der Waals surface area (Å²) in [5.41, 5.74) is 3.06. The van der Waals surface area contributed by atoms with E-state index in [0.717, 1.165) is 42.0 Å². The molecule has 1 atom stereocenters. The van der Waals surface area contributed by atoms with Gasteiger partial charge in [-0.25, -0.2) is 0 Å². The summed E-state index contributed by atoms with van der Waals surface area (Å²) in [4.78, 5) is 23.3. The molecule has 0 saturated carbocycles. The Kier molecular flexibility index (Phi) is 5.08. The lowest BCUT2D eigenvalue weighted by Crippen LogP contribution is -2.40. The van der Waals surface area contributed by atoms with Crippen molar-refractivity contribution in [3.63, 3.8) is 0 Å². The molecular weight excluding hydrogens is 302 g/mol. The van der Waals surface area contributed by atoms with Crippen LogP contribution in [0, 0.1) is 6.92 Å². The van der Waals surface area contributed by atoms with Crippen LogP contribution in [0.5, 0.6) is 5.75 Å². The van der Waals surface area contributed by atoms with Gasteiger partial charge in [0.1, 0.15) is 5.75 Å². The van der Waals surface area contributed by atoms with Gasteiger partial charge in [0, 0.05) is 43.2 Å². The Balaban J connectivity index is 1.70. The van der Waals surface area contributed by atoms with E-state index in [1.54, 1.807) is 19.5 Å². The lowest BCUT2D eigenvalue weighted by molar-refractivity contribution is -0.131. The van der Waals surface area contributed by atoms with E-state index < -0.39 is 0 Å². The molecule has 1 aromatic heterocycles. The van der Waals surface area contributed by atoms with Crippen molar-refractivity contribution in [1.82, 2.24) is 14.9 Å². The van der Waals surface area contributed by atoms with Gasteiger partial charge in [0.25, 0.3) is 0 Å². The van der Waals surface area contributed by atoms with E-state index in [4.69, 9.17) is 4.74 Å². The number of ether oxygens (including phenoxy) is 1. The number of aromatic nitrogens is 2. The first kappa shape index (κ1) is 16.4. The molecule has 3 rings (SSSR count). The second kappa shape index (κ2) is 7.43. The van der Waals surface area contributed by atoms with Crippen LogP contribution in [0.15, 0.2) is 36.8 Å². The molecule has 1 aromatic carbocycles. The Morgan fingerprint density at radius 2 is 2.25 bits per heavy atom. The van der Waals surface area contributed by atoms with Crippen molar-refractivity contribution < 1.29 is 9.53 Å². The summed E-state index contributed by atoms with van der Waals surface area (Å²) in [6, 6.07) is 5.95. The summed E-state index contributed by atoms with van der Waals surface area (Å²) in [7, 11) is 1.64. The maximum atomic E-state index is 12.8. The third-order valence-electron chi connectivity index (χ3n) is 4.55. The number of hydrogen-bond acceptors (Lipinski definition) is 4. The second-order valence-electron chi connectivity index (χ2n) is 6.30. The van der Waals surface area contributed by atoms with Gasteiger partial charge in [0.05, 0.1) is 19.2 Å². The highest BCUT2D eigenvalue weighted by Crippen LogP contribution is 2.26. The van der Waals surface area contributed by atoms with Gasteiger partial charge in [-0.2, -0.15) is 0 Å². The van der Waals surface area contributed by atoms with Gasteiger partial charge in [0.15, 0.2) is 0 Å². The normalized spacial score (nSPS) is 17.6. The highest BCUT2D eigenvalue weighted by Gasteiger charge is 2.26. The molecule has 1 aliphatic rings. The predicted octanol–water partition coefficient (Wildman–Crippen LogP) is 2.74. The van der Waals surface area contributed by atoms with Gasteiger partial charge in [-0.15, -0.1) is 0 Å². The number of amides is 1. The Morgan fingerprint density at radius 1 is 1.38 bits per heavy atom. The number of likely N-dealkylation sites (tertiary alicyclic amines) is 1. The highest BCUT2D eigenvalue weighted by atomic mass is 16.5. The van der Waals surface area contributed by atoms with Gasteiger partial charge in [0.2, 0.25) is 5.91 Å². The molecule has 1 fully saturated rings. The molecule has 24 heavy (non-hydrogen) atoms. The number of hydrogen-bond donors (Lipinski definition) is 0. The Bertz CT molecular complexity index is 703. The minimum Gasteiger partial charge on any atom is -0.496 e. The summed E-state index contributed by atoms with van der Waals surface area (Å²) in [5.74, 6) is 1.19. The first-order valence-corrected chi connectivity index (χ1v) is 8.34. The van der Waals surface area contributed by atoms with Crippen molar-refractivity contribution in [1.29, 1.82) is 0 Å². The van der Waals surface area contributed by atoms with Crippen LogP contribution >= 0.6 is 0 Å². The zero-order valence-electron chi connectivity index (χ0n) is 14.2. The molecule has 2 aromatic rings. The average Bonchev–Trinajstić information content (AvgIpc) is 2.63. The number of rotatable bonds is 4. The van der Waals surface area contributed by atoms with E-state index in [-0.39, 0.29) is 11.8 Å². The topological polar surface area (TPSA) is 55.3 Å². The van der Waals surface area contributed by atoms with E-state index in [1.807, 2.05) is 36.2 Å². The summed E-state index contributed by atoms with van der Waals surface area (Å²) in [6.45, 7) is 3.55. The largest absolute Gasteiger partial charge is 0.496 e. The molecule has 1 saturated heterocycles. The number of piperidine rings is 1. The van der Waals surface area contributed by atoms with Crippen molar-refractivity contribution >= 4 is 5.91 Å². The molecule has 1 aliphatic heterocycles. The van der Waals surface area contributed by atoms with Crippen molar-refractivity contribution in [3.8, 4) is 5.75 Å². The molecule has 2 heterocycles. The Hall–Kier alpha value is -2.43. The third kappa shape index (κ3) is 3.72. The van der Waals surface area contributed by atoms with Crippen molar-refractivity contribution in [2.24, 2.45) is 0 Å². The fourth-order valence-electron chi connectivity index (χ4n) is 3.29. The Morgan fingerprint density at radius 3 is 3.00 bits per heavy atom. The number of benzene rings is 1. The predicted molar refractivity (Wildman–Crippen MR) is 92.0 cm³/mol. The first-order chi connectivity index (χ1) is 11.7. The van der Waals surface area contributed by atoms with Crippen LogP contribution in [0.25, 0.3) is 0 Å². The smallest absolute Gasteiger partial charge is 0.227 e. The van der Waals surface area contributed by atoms with Crippen LogP contribution in [0.1, 0.15) is 35.6 Å². The summed E-state index contributed by atoms with van der Waals surface area (Å²) >= 11 is 0. The molecule has 0 radical (unpaired) electrons. The van der Waals surface area contributed by atoms with E-state index in [2.05, 4.69) is 9.97 Å². The third-order valence-corrected chi connectivity index (χ3v) is 4.55. The highest BCUT2D eigenvalue weighted by molar-refractivity contribution is 5.79. The molecule has 0 bridgehead atoms. The van der Waals surface area contributed by atoms with Gasteiger partial charge in [-0.3, -0.25) is 14.8 Å². The molecule has 0 unspecified atom stereocenters. The average molecular weight is 325 g/mol. The molecule has 0 aliphatic carbocycles. The number of aryl methyl sites for hydroxylation is 1. The van der Waals surface area contributed by atoms with E-state index >= 15 is 0 Å². The van der Waals surface area contributed by atoms with Crippen LogP contribution in [0.4, 0.5) is 0 Å². The van der Waals surface area contributed by atoms with E-state index in [1.165, 1.54) is 0 Å². The van der Waals surface area contributed by atoms with Crippen molar-refractivity contribution in [2.45, 2.75) is 32.1 Å². The maximum absolute atomic E-state index is 12.8. The van der Waals surface area contributed by atoms with Crippen molar-refractivity contribution in [2.75, 3.05) is 20.2 Å². The van der Waals surface area contributed by atoms with Crippen LogP contribution < -0.4 is 4.74 Å². The molecule has 126 valence electrons. The molecule has 0 N–H and O–H groups in total. The lowest BCUT2D eigenvalue weighted by Gasteiger charge is -2.32. The fourth-order valence-corrected chi connectivity index (χ4v) is 3.29. The fraction of sp³-hybridized carbons (Fsp3) is 0.421. The molecule has 1 amide bonds. The van der Waals surface area contributed by atoms with Gasteiger partial charge in [-0.05, 0) is 25.8 Å². The van der Waals surface area contributed by atoms with Crippen LogP contribution in [-0.4, -0.2) is 41.0 Å². The van der Waals surface area contributed by atoms with Crippen LogP contribution in [0.2, 0.25) is 0 Å². The summed E-state index contributed by atoms with van der Waals surface area (Å²) in [5, 5.41) is 0. The van der Waals surface area contributed by atoms with E-state index in [9.17, 15) is 4.79 Å². The van der Waals surface area contributed by atoms with Gasteiger partial charge >= 0.3 is 0 Å². The van der Waals surface area contributed by atoms with Gasteiger partial charge < -0.3 is 9.64 Å². The lowest BCUT2D eigenvalue weighted by atomic mass is 9.94. The Labute approximate surface area is 142 Å². The minimum atomic E-state index is 0.146. The van der Waals surface area contributed by atoms with Crippen LogP contribution in [0.3, 0.4) is 0 Å². The number of methoxy groups -OCH3 is 1. The molecule has 0 spiro atoms. The van der Waals surface area contributed by atoms with Crippen molar-refractivity contribution in [3.05, 3.63) is 53.6 Å². The molecular formula is C19H23N3O2. The summed E-state index contributed by atoms with van der Waals surface area (Å²) < 4.78 is 5.39. The summed E-state index contributed by atoms with van der Waals surface area (Å²) in [6.07, 6.45) is 7.63. The van der Waals surface area contributed by atoms with Gasteiger partial charge in [-0.1, -0.05) is 17.7 Å². The van der Waals surface area contributed by atoms with Crippen LogP contribution in [-0.2, 0) is 11.2 Å². The number of carbonyl (C=O) groups excluding carboxylic acids is 1. The maximum Gasteiger partial charge on any atom is 0.227 e. The second-order valence-corrected chi connectivity index (χ2v) is 6.30. The monoisotopic (exact) mass is 325 g/mol. The first-order valence-electron chi connectivity index (χ1n) is 8.34. The zero-order chi connectivity index (χ0) is 16.9. The SMILES string of the molecule is COc1ccc(C)cc1CC(=O)N1CCC[C@@H](c2cnccn2)C1.